The molecule has 0 bridgehead atoms. The van der Waals surface area contributed by atoms with Gasteiger partial charge in [-0.1, -0.05) is 13.8 Å². The molecular weight excluding hydrogens is 192 g/mol. The maximum absolute atomic E-state index is 11.0. The molecule has 1 rings (SSSR count). The average Bonchev–Trinajstić information content (AvgIpc) is 2.67. The van der Waals surface area contributed by atoms with Gasteiger partial charge >= 0.3 is 0 Å². The van der Waals surface area contributed by atoms with Crippen LogP contribution in [-0.2, 0) is 4.79 Å². The van der Waals surface area contributed by atoms with E-state index in [0.717, 1.165) is 25.8 Å². The van der Waals surface area contributed by atoms with Gasteiger partial charge in [0, 0.05) is 24.5 Å². The molecule has 1 unspecified atom stereocenters. The standard InChI is InChI=1S/C11H22N2O2/c1-3-11(4-2,8-14)12-7-9-5-6-10(15)13-9/h9,12,14H,3-8H2,1-2H3,(H,13,15). The minimum absolute atomic E-state index is 0.143. The smallest absolute Gasteiger partial charge is 0.220 e. The van der Waals surface area contributed by atoms with Crippen LogP contribution in [0.2, 0.25) is 0 Å². The minimum atomic E-state index is -0.173. The maximum atomic E-state index is 11.0. The number of nitrogens with one attached hydrogen (secondary N) is 2. The summed E-state index contributed by atoms with van der Waals surface area (Å²) in [5.74, 6) is 0.143. The normalized spacial score (nSPS) is 21.8. The van der Waals surface area contributed by atoms with E-state index < -0.39 is 0 Å². The van der Waals surface area contributed by atoms with Gasteiger partial charge in [0.15, 0.2) is 0 Å². The summed E-state index contributed by atoms with van der Waals surface area (Å²) in [4.78, 5) is 11.0. The summed E-state index contributed by atoms with van der Waals surface area (Å²) in [7, 11) is 0. The third-order valence-electron chi connectivity index (χ3n) is 3.46. The van der Waals surface area contributed by atoms with Crippen LogP contribution in [0.25, 0.3) is 0 Å². The quantitative estimate of drug-likeness (QED) is 0.600. The fourth-order valence-electron chi connectivity index (χ4n) is 1.95. The van der Waals surface area contributed by atoms with Gasteiger partial charge in [0.25, 0.3) is 0 Å². The fourth-order valence-corrected chi connectivity index (χ4v) is 1.95. The predicted molar refractivity (Wildman–Crippen MR) is 59.6 cm³/mol. The summed E-state index contributed by atoms with van der Waals surface area (Å²) in [6.07, 6.45) is 3.35. The van der Waals surface area contributed by atoms with Gasteiger partial charge in [0.1, 0.15) is 0 Å². The van der Waals surface area contributed by atoms with Crippen molar-refractivity contribution in [3.63, 3.8) is 0 Å². The highest BCUT2D eigenvalue weighted by molar-refractivity contribution is 5.78. The van der Waals surface area contributed by atoms with E-state index in [2.05, 4.69) is 24.5 Å². The third kappa shape index (κ3) is 3.18. The van der Waals surface area contributed by atoms with E-state index in [1.807, 2.05) is 0 Å². The van der Waals surface area contributed by atoms with Gasteiger partial charge in [-0.3, -0.25) is 4.79 Å². The van der Waals surface area contributed by atoms with Gasteiger partial charge in [-0.05, 0) is 19.3 Å². The molecule has 0 radical (unpaired) electrons. The number of hydrogen-bond acceptors (Lipinski definition) is 3. The number of carbonyl (C=O) groups is 1. The molecule has 4 heteroatoms. The van der Waals surface area contributed by atoms with Crippen molar-refractivity contribution in [3.05, 3.63) is 0 Å². The summed E-state index contributed by atoms with van der Waals surface area (Å²) >= 11 is 0. The van der Waals surface area contributed by atoms with Gasteiger partial charge in [0.2, 0.25) is 5.91 Å². The average molecular weight is 214 g/mol. The molecule has 0 aliphatic carbocycles. The van der Waals surface area contributed by atoms with Crippen molar-refractivity contribution in [3.8, 4) is 0 Å². The number of carbonyl (C=O) groups excluding carboxylic acids is 1. The van der Waals surface area contributed by atoms with E-state index in [4.69, 9.17) is 0 Å². The molecule has 3 N–H and O–H groups in total. The van der Waals surface area contributed by atoms with Crippen molar-refractivity contribution in [2.75, 3.05) is 13.2 Å². The van der Waals surface area contributed by atoms with E-state index in [9.17, 15) is 9.90 Å². The van der Waals surface area contributed by atoms with Crippen LogP contribution in [0.3, 0.4) is 0 Å². The lowest BCUT2D eigenvalue weighted by atomic mass is 9.93. The van der Waals surface area contributed by atoms with Crippen LogP contribution in [-0.4, -0.2) is 35.7 Å². The number of amides is 1. The summed E-state index contributed by atoms with van der Waals surface area (Å²) in [5, 5.41) is 15.6. The fraction of sp³-hybridized carbons (Fsp3) is 0.909. The van der Waals surface area contributed by atoms with Gasteiger partial charge < -0.3 is 15.7 Å². The van der Waals surface area contributed by atoms with Crippen molar-refractivity contribution >= 4 is 5.91 Å². The molecule has 0 spiro atoms. The molecule has 1 aliphatic rings. The highest BCUT2D eigenvalue weighted by Crippen LogP contribution is 2.15. The van der Waals surface area contributed by atoms with Crippen LogP contribution in [0, 0.1) is 0 Å². The second-order valence-electron chi connectivity index (χ2n) is 4.33. The largest absolute Gasteiger partial charge is 0.394 e. The van der Waals surface area contributed by atoms with Crippen molar-refractivity contribution < 1.29 is 9.90 Å². The molecule has 0 saturated carbocycles. The Morgan fingerprint density at radius 3 is 2.60 bits per heavy atom. The monoisotopic (exact) mass is 214 g/mol. The van der Waals surface area contributed by atoms with Gasteiger partial charge in [-0.25, -0.2) is 0 Å². The predicted octanol–water partition coefficient (Wildman–Crippen LogP) is 0.406. The second-order valence-corrected chi connectivity index (χ2v) is 4.33. The first-order valence-electron chi connectivity index (χ1n) is 5.81. The van der Waals surface area contributed by atoms with Crippen molar-refractivity contribution in [2.45, 2.75) is 51.1 Å². The Bertz CT molecular complexity index is 206. The van der Waals surface area contributed by atoms with Crippen LogP contribution in [0.5, 0.6) is 0 Å². The lowest BCUT2D eigenvalue weighted by molar-refractivity contribution is -0.119. The van der Waals surface area contributed by atoms with E-state index >= 15 is 0 Å². The molecule has 1 aliphatic heterocycles. The molecule has 15 heavy (non-hydrogen) atoms. The lowest BCUT2D eigenvalue weighted by Gasteiger charge is -2.32. The number of rotatable bonds is 6. The maximum Gasteiger partial charge on any atom is 0.220 e. The molecule has 0 aromatic rings. The van der Waals surface area contributed by atoms with E-state index in [1.54, 1.807) is 0 Å². The number of aliphatic hydroxyl groups excluding tert-OH is 1. The molecule has 1 heterocycles. The second kappa shape index (κ2) is 5.47. The molecule has 1 amide bonds. The third-order valence-corrected chi connectivity index (χ3v) is 3.46. The molecule has 4 nitrogen and oxygen atoms in total. The van der Waals surface area contributed by atoms with Gasteiger partial charge in [-0.15, -0.1) is 0 Å². The molecular formula is C11H22N2O2. The van der Waals surface area contributed by atoms with Crippen LogP contribution in [0.15, 0.2) is 0 Å². The van der Waals surface area contributed by atoms with Crippen LogP contribution in [0.4, 0.5) is 0 Å². The number of aliphatic hydroxyl groups is 1. The molecule has 0 aromatic heterocycles. The highest BCUT2D eigenvalue weighted by atomic mass is 16.3. The van der Waals surface area contributed by atoms with Gasteiger partial charge in [-0.2, -0.15) is 0 Å². The van der Waals surface area contributed by atoms with E-state index in [1.165, 1.54) is 0 Å². The van der Waals surface area contributed by atoms with E-state index in [-0.39, 0.29) is 24.1 Å². The topological polar surface area (TPSA) is 61.4 Å². The first kappa shape index (κ1) is 12.5. The molecule has 1 atom stereocenters. The Morgan fingerprint density at radius 2 is 2.20 bits per heavy atom. The minimum Gasteiger partial charge on any atom is -0.394 e. The summed E-state index contributed by atoms with van der Waals surface area (Å²) in [5.41, 5.74) is -0.173. The summed E-state index contributed by atoms with van der Waals surface area (Å²) in [6.45, 7) is 5.05. The Morgan fingerprint density at radius 1 is 1.53 bits per heavy atom. The first-order chi connectivity index (χ1) is 7.15. The zero-order valence-corrected chi connectivity index (χ0v) is 9.68. The van der Waals surface area contributed by atoms with Gasteiger partial charge in [0.05, 0.1) is 6.61 Å². The summed E-state index contributed by atoms with van der Waals surface area (Å²) < 4.78 is 0. The van der Waals surface area contributed by atoms with E-state index in [0.29, 0.717) is 6.42 Å². The van der Waals surface area contributed by atoms with Crippen molar-refractivity contribution in [2.24, 2.45) is 0 Å². The lowest BCUT2D eigenvalue weighted by Crippen LogP contribution is -2.51. The van der Waals surface area contributed by atoms with Crippen LogP contribution < -0.4 is 10.6 Å². The Kier molecular flexibility index (Phi) is 4.54. The summed E-state index contributed by atoms with van der Waals surface area (Å²) in [6, 6.07) is 0.238. The number of hydrogen-bond donors (Lipinski definition) is 3. The van der Waals surface area contributed by atoms with Crippen molar-refractivity contribution in [1.29, 1.82) is 0 Å². The molecule has 1 saturated heterocycles. The van der Waals surface area contributed by atoms with Crippen molar-refractivity contribution in [1.82, 2.24) is 10.6 Å². The Labute approximate surface area is 91.4 Å². The molecule has 0 aromatic carbocycles. The molecule has 88 valence electrons. The Balaban J connectivity index is 2.36. The van der Waals surface area contributed by atoms with Crippen LogP contribution >= 0.6 is 0 Å². The zero-order valence-electron chi connectivity index (χ0n) is 9.68. The Hall–Kier alpha value is -0.610. The first-order valence-corrected chi connectivity index (χ1v) is 5.81. The highest BCUT2D eigenvalue weighted by Gasteiger charge is 2.27. The van der Waals surface area contributed by atoms with Crippen LogP contribution in [0.1, 0.15) is 39.5 Å². The SMILES string of the molecule is CCC(CC)(CO)NCC1CCC(=O)N1. The zero-order chi connectivity index (χ0) is 11.3. The molecule has 1 fully saturated rings.